The normalized spacial score (nSPS) is 11.2. The summed E-state index contributed by atoms with van der Waals surface area (Å²) in [6.07, 6.45) is 0. The van der Waals surface area contributed by atoms with Gasteiger partial charge in [0.2, 0.25) is 0 Å². The Labute approximate surface area is 167 Å². The van der Waals surface area contributed by atoms with Crippen molar-refractivity contribution in [3.63, 3.8) is 0 Å². The van der Waals surface area contributed by atoms with Crippen molar-refractivity contribution in [1.82, 2.24) is 0 Å². The largest absolute Gasteiger partial charge is 0.455 e. The number of ketones is 1. The van der Waals surface area contributed by atoms with Crippen molar-refractivity contribution < 1.29 is 9.21 Å². The fourth-order valence-electron chi connectivity index (χ4n) is 3.56. The molecule has 2 nitrogen and oxygen atoms in total. The summed E-state index contributed by atoms with van der Waals surface area (Å²) in [6.45, 7) is 0. The van der Waals surface area contributed by atoms with E-state index in [0.717, 1.165) is 33.1 Å². The smallest absolute Gasteiger partial charge is 0.193 e. The Morgan fingerprint density at radius 1 is 0.714 bits per heavy atom. The third-order valence-electron chi connectivity index (χ3n) is 4.95. The number of hydrogen-bond donors (Lipinski definition) is 0. The molecule has 5 aromatic rings. The van der Waals surface area contributed by atoms with Crippen LogP contribution >= 0.6 is 11.6 Å². The molecule has 134 valence electrons. The average Bonchev–Trinajstić information content (AvgIpc) is 3.11. The van der Waals surface area contributed by atoms with Gasteiger partial charge in [-0.1, -0.05) is 84.4 Å². The van der Waals surface area contributed by atoms with E-state index >= 15 is 0 Å². The van der Waals surface area contributed by atoms with Gasteiger partial charge < -0.3 is 4.42 Å². The van der Waals surface area contributed by atoms with E-state index in [4.69, 9.17) is 16.0 Å². The third kappa shape index (κ3) is 2.79. The number of fused-ring (bicyclic) bond motifs is 3. The quantitative estimate of drug-likeness (QED) is 0.310. The van der Waals surface area contributed by atoms with Crippen LogP contribution in [0.1, 0.15) is 15.9 Å². The molecule has 0 N–H and O–H groups in total. The first-order chi connectivity index (χ1) is 13.7. The number of hydrogen-bond acceptors (Lipinski definition) is 2. The van der Waals surface area contributed by atoms with Crippen LogP contribution in [0.3, 0.4) is 0 Å². The summed E-state index contributed by atoms with van der Waals surface area (Å²) >= 11 is 6.11. The lowest BCUT2D eigenvalue weighted by molar-refractivity contribution is 0.103. The lowest BCUT2D eigenvalue weighted by atomic mass is 9.98. The molecule has 0 aliphatic heterocycles. The molecule has 0 aliphatic rings. The lowest BCUT2D eigenvalue weighted by Gasteiger charge is -2.05. The molecule has 0 saturated carbocycles. The summed E-state index contributed by atoms with van der Waals surface area (Å²) in [5.41, 5.74) is 4.93. The van der Waals surface area contributed by atoms with E-state index in [9.17, 15) is 4.79 Å². The first kappa shape index (κ1) is 16.8. The van der Waals surface area contributed by atoms with E-state index in [1.807, 2.05) is 91.0 Å². The van der Waals surface area contributed by atoms with Gasteiger partial charge in [0.25, 0.3) is 0 Å². The molecule has 0 bridgehead atoms. The molecule has 1 aromatic heterocycles. The Hall–Kier alpha value is -3.36. The van der Waals surface area contributed by atoms with Gasteiger partial charge in [0, 0.05) is 38.6 Å². The number of para-hydroxylation sites is 1. The van der Waals surface area contributed by atoms with Gasteiger partial charge in [0.1, 0.15) is 11.2 Å². The zero-order valence-electron chi connectivity index (χ0n) is 14.9. The van der Waals surface area contributed by atoms with Gasteiger partial charge in [-0.05, 0) is 17.7 Å². The zero-order valence-corrected chi connectivity index (χ0v) is 15.6. The van der Waals surface area contributed by atoms with E-state index in [-0.39, 0.29) is 5.78 Å². The van der Waals surface area contributed by atoms with E-state index in [0.29, 0.717) is 16.1 Å². The molecule has 5 rings (SSSR count). The van der Waals surface area contributed by atoms with Crippen molar-refractivity contribution in [2.75, 3.05) is 0 Å². The summed E-state index contributed by atoms with van der Waals surface area (Å²) in [6, 6.07) is 28.7. The topological polar surface area (TPSA) is 30.2 Å². The fourth-order valence-corrected chi connectivity index (χ4v) is 3.72. The Morgan fingerprint density at radius 3 is 2.25 bits per heavy atom. The van der Waals surface area contributed by atoms with Crippen LogP contribution in [0.15, 0.2) is 95.4 Å². The number of benzene rings is 4. The molecule has 0 atom stereocenters. The van der Waals surface area contributed by atoms with Crippen molar-refractivity contribution in [2.24, 2.45) is 0 Å². The lowest BCUT2D eigenvalue weighted by Crippen LogP contribution is -2.00. The van der Waals surface area contributed by atoms with Gasteiger partial charge in [-0.15, -0.1) is 0 Å². The number of halogens is 1. The van der Waals surface area contributed by atoms with Crippen molar-refractivity contribution >= 4 is 39.3 Å². The predicted octanol–water partition coefficient (Wildman–Crippen LogP) is 7.14. The Balaban J connectivity index is 1.59. The summed E-state index contributed by atoms with van der Waals surface area (Å²) in [5, 5.41) is 2.74. The SMILES string of the molecule is O=C(c1ccccc1)c1ccc(-c2cccc3c2oc2cc(Cl)ccc23)cc1. The van der Waals surface area contributed by atoms with Gasteiger partial charge >= 0.3 is 0 Å². The van der Waals surface area contributed by atoms with Crippen LogP contribution in [0.25, 0.3) is 33.1 Å². The maximum atomic E-state index is 12.6. The Morgan fingerprint density at radius 2 is 1.46 bits per heavy atom. The monoisotopic (exact) mass is 382 g/mol. The molecule has 3 heteroatoms. The minimum Gasteiger partial charge on any atom is -0.455 e. The summed E-state index contributed by atoms with van der Waals surface area (Å²) in [5.74, 6) is 0.0173. The van der Waals surface area contributed by atoms with E-state index < -0.39 is 0 Å². The molecular formula is C25H15ClO2. The summed E-state index contributed by atoms with van der Waals surface area (Å²) < 4.78 is 6.11. The molecule has 0 amide bonds. The minimum absolute atomic E-state index is 0.0173. The highest BCUT2D eigenvalue weighted by Gasteiger charge is 2.13. The minimum atomic E-state index is 0.0173. The third-order valence-corrected chi connectivity index (χ3v) is 5.19. The molecule has 4 aromatic carbocycles. The van der Waals surface area contributed by atoms with Crippen molar-refractivity contribution in [3.05, 3.63) is 107 Å². The van der Waals surface area contributed by atoms with Crippen LogP contribution in [0.2, 0.25) is 5.02 Å². The Kier molecular flexibility index (Phi) is 4.00. The molecule has 0 radical (unpaired) electrons. The van der Waals surface area contributed by atoms with Gasteiger partial charge in [-0.2, -0.15) is 0 Å². The van der Waals surface area contributed by atoms with E-state index in [2.05, 4.69) is 0 Å². The molecule has 0 spiro atoms. The van der Waals surface area contributed by atoms with Crippen molar-refractivity contribution in [2.45, 2.75) is 0 Å². The molecule has 1 heterocycles. The number of rotatable bonds is 3. The average molecular weight is 383 g/mol. The predicted molar refractivity (Wildman–Crippen MR) is 114 cm³/mol. The van der Waals surface area contributed by atoms with Crippen LogP contribution in [0.4, 0.5) is 0 Å². The van der Waals surface area contributed by atoms with E-state index in [1.165, 1.54) is 0 Å². The molecule has 0 aliphatic carbocycles. The second kappa shape index (κ2) is 6.66. The van der Waals surface area contributed by atoms with Gasteiger partial charge in [-0.3, -0.25) is 4.79 Å². The number of carbonyl (C=O) groups is 1. The highest BCUT2D eigenvalue weighted by Crippen LogP contribution is 2.36. The molecule has 0 unspecified atom stereocenters. The Bertz CT molecular complexity index is 1320. The summed E-state index contributed by atoms with van der Waals surface area (Å²) in [7, 11) is 0. The number of carbonyl (C=O) groups excluding carboxylic acids is 1. The first-order valence-electron chi connectivity index (χ1n) is 9.02. The maximum absolute atomic E-state index is 12.6. The molecule has 0 fully saturated rings. The zero-order chi connectivity index (χ0) is 19.1. The highest BCUT2D eigenvalue weighted by atomic mass is 35.5. The van der Waals surface area contributed by atoms with Crippen LogP contribution in [-0.2, 0) is 0 Å². The van der Waals surface area contributed by atoms with E-state index in [1.54, 1.807) is 0 Å². The van der Waals surface area contributed by atoms with Gasteiger partial charge in [-0.25, -0.2) is 0 Å². The molecule has 0 saturated heterocycles. The van der Waals surface area contributed by atoms with Crippen LogP contribution < -0.4 is 0 Å². The second-order valence-corrected chi connectivity index (χ2v) is 7.13. The van der Waals surface area contributed by atoms with Crippen molar-refractivity contribution in [1.29, 1.82) is 0 Å². The van der Waals surface area contributed by atoms with Gasteiger partial charge in [0.05, 0.1) is 0 Å². The van der Waals surface area contributed by atoms with Crippen LogP contribution in [0, 0.1) is 0 Å². The summed E-state index contributed by atoms with van der Waals surface area (Å²) in [4.78, 5) is 12.6. The van der Waals surface area contributed by atoms with Crippen LogP contribution in [-0.4, -0.2) is 5.78 Å². The van der Waals surface area contributed by atoms with Gasteiger partial charge in [0.15, 0.2) is 5.78 Å². The second-order valence-electron chi connectivity index (χ2n) is 6.70. The molecular weight excluding hydrogens is 368 g/mol. The first-order valence-corrected chi connectivity index (χ1v) is 9.39. The highest BCUT2D eigenvalue weighted by molar-refractivity contribution is 6.31. The van der Waals surface area contributed by atoms with Crippen LogP contribution in [0.5, 0.6) is 0 Å². The fraction of sp³-hybridized carbons (Fsp3) is 0. The maximum Gasteiger partial charge on any atom is 0.193 e. The number of furan rings is 1. The van der Waals surface area contributed by atoms with Crippen molar-refractivity contribution in [3.8, 4) is 11.1 Å². The standard InChI is InChI=1S/C25H15ClO2/c26-19-13-14-21-22-8-4-7-20(25(22)28-23(21)15-19)16-9-11-18(12-10-16)24(27)17-5-2-1-3-6-17/h1-15H. The molecule has 28 heavy (non-hydrogen) atoms.